The predicted molar refractivity (Wildman–Crippen MR) is 122 cm³/mol. The van der Waals surface area contributed by atoms with E-state index in [2.05, 4.69) is 4.98 Å². The van der Waals surface area contributed by atoms with Crippen molar-refractivity contribution in [3.63, 3.8) is 0 Å². The van der Waals surface area contributed by atoms with Crippen molar-refractivity contribution in [3.05, 3.63) is 74.7 Å². The van der Waals surface area contributed by atoms with E-state index in [0.717, 1.165) is 24.3 Å². The van der Waals surface area contributed by atoms with Crippen molar-refractivity contribution in [2.75, 3.05) is 24.7 Å². The Balaban J connectivity index is 1.33. The third kappa shape index (κ3) is 4.82. The summed E-state index contributed by atoms with van der Waals surface area (Å²) in [4.78, 5) is 18.5. The first-order valence-corrected chi connectivity index (χ1v) is 11.4. The molecule has 1 aromatic heterocycles. The Bertz CT molecular complexity index is 1410. The SMILES string of the molecule is CC12COCCN1c1cc(OCc3cc(F)c(Oc4ccc(Cl)c(C(F)(F)F)c4)c(F)c3)nc(=O)n1C2. The Kier molecular flexibility index (Phi) is 6.27. The molecule has 13 heteroatoms. The number of anilines is 1. The van der Waals surface area contributed by atoms with Crippen LogP contribution in [0.2, 0.25) is 5.02 Å². The van der Waals surface area contributed by atoms with Crippen LogP contribution in [-0.2, 0) is 24.1 Å². The Labute approximate surface area is 211 Å². The minimum Gasteiger partial charge on any atom is -0.473 e. The minimum atomic E-state index is -4.77. The molecule has 1 saturated heterocycles. The van der Waals surface area contributed by atoms with Crippen LogP contribution in [0.3, 0.4) is 0 Å². The summed E-state index contributed by atoms with van der Waals surface area (Å²) >= 11 is 5.56. The van der Waals surface area contributed by atoms with Gasteiger partial charge in [0.25, 0.3) is 0 Å². The number of alkyl halides is 3. The molecule has 37 heavy (non-hydrogen) atoms. The fraction of sp³-hybridized carbons (Fsp3) is 0.333. The summed E-state index contributed by atoms with van der Waals surface area (Å²) in [5.41, 5.74) is -2.07. The van der Waals surface area contributed by atoms with Gasteiger partial charge in [0.05, 0.1) is 35.9 Å². The molecule has 196 valence electrons. The molecule has 1 atom stereocenters. The van der Waals surface area contributed by atoms with Crippen molar-refractivity contribution in [1.82, 2.24) is 9.55 Å². The molecule has 1 unspecified atom stereocenters. The molecule has 2 aromatic carbocycles. The third-order valence-corrected chi connectivity index (χ3v) is 6.50. The Morgan fingerprint density at radius 2 is 1.89 bits per heavy atom. The number of nitrogens with zero attached hydrogens (tertiary/aromatic N) is 3. The minimum absolute atomic E-state index is 0.0195. The molecule has 3 aromatic rings. The molecule has 7 nitrogen and oxygen atoms in total. The van der Waals surface area contributed by atoms with Crippen molar-refractivity contribution in [2.45, 2.75) is 31.8 Å². The molecule has 2 aliphatic heterocycles. The van der Waals surface area contributed by atoms with Gasteiger partial charge in [-0.25, -0.2) is 13.6 Å². The van der Waals surface area contributed by atoms with Crippen LogP contribution in [0.1, 0.15) is 18.1 Å². The number of ether oxygens (including phenoxy) is 3. The first-order chi connectivity index (χ1) is 17.4. The molecule has 0 bridgehead atoms. The number of halogens is 6. The van der Waals surface area contributed by atoms with Crippen molar-refractivity contribution in [3.8, 4) is 17.4 Å². The zero-order valence-electron chi connectivity index (χ0n) is 19.2. The quantitative estimate of drug-likeness (QED) is 0.414. The van der Waals surface area contributed by atoms with E-state index in [9.17, 15) is 26.7 Å². The Hall–Kier alpha value is -3.38. The lowest BCUT2D eigenvalue weighted by atomic mass is 10.0. The van der Waals surface area contributed by atoms with Gasteiger partial charge >= 0.3 is 11.9 Å². The fourth-order valence-corrected chi connectivity index (χ4v) is 4.66. The largest absolute Gasteiger partial charge is 0.473 e. The second kappa shape index (κ2) is 9.18. The molecule has 0 radical (unpaired) electrons. The highest BCUT2D eigenvalue weighted by atomic mass is 35.5. The summed E-state index contributed by atoms with van der Waals surface area (Å²) in [6.07, 6.45) is -4.77. The zero-order valence-corrected chi connectivity index (χ0v) is 20.0. The maximum absolute atomic E-state index is 14.7. The van der Waals surface area contributed by atoms with Crippen LogP contribution in [0.5, 0.6) is 17.4 Å². The molecule has 0 N–H and O–H groups in total. The molecule has 0 aliphatic carbocycles. The Morgan fingerprint density at radius 1 is 1.16 bits per heavy atom. The third-order valence-electron chi connectivity index (χ3n) is 6.17. The normalized spacial score (nSPS) is 18.9. The number of fused-ring (bicyclic) bond motifs is 3. The highest BCUT2D eigenvalue weighted by molar-refractivity contribution is 6.31. The van der Waals surface area contributed by atoms with Gasteiger partial charge in [-0.15, -0.1) is 0 Å². The molecule has 0 amide bonds. The molecule has 3 heterocycles. The summed E-state index contributed by atoms with van der Waals surface area (Å²) in [7, 11) is 0. The number of aromatic nitrogens is 2. The molecule has 1 fully saturated rings. The topological polar surface area (TPSA) is 65.8 Å². The highest BCUT2D eigenvalue weighted by Crippen LogP contribution is 2.39. The zero-order chi connectivity index (χ0) is 26.5. The summed E-state index contributed by atoms with van der Waals surface area (Å²) in [6.45, 7) is 3.58. The van der Waals surface area contributed by atoms with Gasteiger partial charge in [-0.05, 0) is 42.8 Å². The van der Waals surface area contributed by atoms with Crippen LogP contribution in [-0.4, -0.2) is 34.8 Å². The number of morpholine rings is 1. The summed E-state index contributed by atoms with van der Waals surface area (Å²) in [5, 5.41) is -0.577. The molecule has 5 rings (SSSR count). The average Bonchev–Trinajstić information content (AvgIpc) is 3.13. The van der Waals surface area contributed by atoms with Crippen molar-refractivity contribution in [1.29, 1.82) is 0 Å². The summed E-state index contributed by atoms with van der Waals surface area (Å²) < 4.78 is 86.2. The van der Waals surface area contributed by atoms with Crippen molar-refractivity contribution >= 4 is 17.4 Å². The van der Waals surface area contributed by atoms with E-state index >= 15 is 0 Å². The second-order valence-electron chi connectivity index (χ2n) is 8.94. The maximum Gasteiger partial charge on any atom is 0.417 e. The fourth-order valence-electron chi connectivity index (χ4n) is 4.43. The van der Waals surface area contributed by atoms with Gasteiger partial charge in [0.1, 0.15) is 18.2 Å². The van der Waals surface area contributed by atoms with Crippen LogP contribution in [0.25, 0.3) is 0 Å². The van der Waals surface area contributed by atoms with Crippen LogP contribution < -0.4 is 20.1 Å². The Morgan fingerprint density at radius 3 is 2.59 bits per heavy atom. The number of hydrogen-bond donors (Lipinski definition) is 0. The second-order valence-corrected chi connectivity index (χ2v) is 9.35. The number of rotatable bonds is 5. The van der Waals surface area contributed by atoms with Crippen molar-refractivity contribution < 1.29 is 36.2 Å². The average molecular weight is 544 g/mol. The van der Waals surface area contributed by atoms with E-state index in [0.29, 0.717) is 38.2 Å². The number of hydrogen-bond acceptors (Lipinski definition) is 6. The lowest BCUT2D eigenvalue weighted by molar-refractivity contribution is -0.137. The van der Waals surface area contributed by atoms with E-state index in [1.54, 1.807) is 6.07 Å². The lowest BCUT2D eigenvalue weighted by Crippen LogP contribution is -2.53. The van der Waals surface area contributed by atoms with Crippen LogP contribution in [0.4, 0.5) is 27.8 Å². The summed E-state index contributed by atoms with van der Waals surface area (Å²) in [6, 6.07) is 5.95. The molecule has 2 aliphatic rings. The standard InChI is InChI=1S/C24H19ClF5N3O4/c1-23-11-32-20(33(23)4-5-35-12-23)9-19(31-22(32)34)36-10-13-6-17(26)21(18(27)7-13)37-14-2-3-16(25)15(8-14)24(28,29)30/h2-3,6-9H,4-5,10-12H2,1H3. The van der Waals surface area contributed by atoms with Crippen LogP contribution >= 0.6 is 11.6 Å². The summed E-state index contributed by atoms with van der Waals surface area (Å²) in [5.74, 6) is -3.06. The van der Waals surface area contributed by atoms with E-state index in [4.69, 9.17) is 25.8 Å². The van der Waals surface area contributed by atoms with Gasteiger partial charge in [0.15, 0.2) is 17.4 Å². The molecular weight excluding hydrogens is 525 g/mol. The first-order valence-electron chi connectivity index (χ1n) is 11.1. The highest BCUT2D eigenvalue weighted by Gasteiger charge is 2.43. The van der Waals surface area contributed by atoms with E-state index < -0.39 is 51.1 Å². The van der Waals surface area contributed by atoms with Gasteiger partial charge in [-0.3, -0.25) is 4.57 Å². The van der Waals surface area contributed by atoms with Gasteiger partial charge in [0.2, 0.25) is 5.88 Å². The van der Waals surface area contributed by atoms with Crippen molar-refractivity contribution in [2.24, 2.45) is 0 Å². The molecule has 0 spiro atoms. The maximum atomic E-state index is 14.7. The first kappa shape index (κ1) is 25.3. The predicted octanol–water partition coefficient (Wildman–Crippen LogP) is 5.17. The monoisotopic (exact) mass is 543 g/mol. The van der Waals surface area contributed by atoms with E-state index in [1.807, 2.05) is 11.8 Å². The lowest BCUT2D eigenvalue weighted by Gasteiger charge is -2.39. The number of benzene rings is 2. The molecular formula is C24H19ClF5N3O4. The smallest absolute Gasteiger partial charge is 0.417 e. The molecule has 0 saturated carbocycles. The van der Waals surface area contributed by atoms with Crippen LogP contribution in [0, 0.1) is 11.6 Å². The van der Waals surface area contributed by atoms with Gasteiger partial charge in [-0.2, -0.15) is 18.2 Å². The van der Waals surface area contributed by atoms with Gasteiger partial charge < -0.3 is 19.1 Å². The van der Waals surface area contributed by atoms with E-state index in [1.165, 1.54) is 4.57 Å². The van der Waals surface area contributed by atoms with Gasteiger partial charge in [0, 0.05) is 12.6 Å². The van der Waals surface area contributed by atoms with E-state index in [-0.39, 0.29) is 18.1 Å². The van der Waals surface area contributed by atoms with Crippen LogP contribution in [0.15, 0.2) is 41.2 Å². The van der Waals surface area contributed by atoms with Gasteiger partial charge in [-0.1, -0.05) is 11.6 Å².